The molecule has 0 aromatic carbocycles. The van der Waals surface area contributed by atoms with Gasteiger partial charge < -0.3 is 39.6 Å². The van der Waals surface area contributed by atoms with Crippen LogP contribution >= 0.6 is 7.82 Å². The molecule has 0 spiro atoms. The van der Waals surface area contributed by atoms with Crippen LogP contribution in [0.3, 0.4) is 0 Å². The number of fused-ring (bicyclic) bond motifs is 1. The molecule has 4 atom stereocenters. The fourth-order valence-corrected chi connectivity index (χ4v) is 3.55. The molecule has 1 fully saturated rings. The zero-order valence-corrected chi connectivity index (χ0v) is 23.8. The zero-order chi connectivity index (χ0) is 22.6. The second-order valence-corrected chi connectivity index (χ2v) is 8.31. The van der Waals surface area contributed by atoms with Crippen molar-refractivity contribution in [2.24, 2.45) is 0 Å². The van der Waals surface area contributed by atoms with Crippen LogP contribution in [0.1, 0.15) is 51.1 Å². The summed E-state index contributed by atoms with van der Waals surface area (Å²) in [5.74, 6) is 6.13. The third-order valence-corrected chi connectivity index (χ3v) is 5.28. The maximum absolute atomic E-state index is 10.7. The summed E-state index contributed by atoms with van der Waals surface area (Å²) in [6.07, 6.45) is 0.957. The Bertz CT molecular complexity index is 1020. The number of aromatic nitrogens is 4. The first-order chi connectivity index (χ1) is 14.7. The molecule has 12 nitrogen and oxygen atoms in total. The van der Waals surface area contributed by atoms with Crippen molar-refractivity contribution in [2.45, 2.75) is 63.6 Å². The summed E-state index contributed by atoms with van der Waals surface area (Å²) in [5, 5.41) is 20.5. The average Bonchev–Trinajstić information content (AvgIpc) is 3.24. The van der Waals surface area contributed by atoms with Crippen molar-refractivity contribution >= 4 is 24.8 Å². The fraction of sp³-hybridized carbons (Fsp3) is 0.611. The van der Waals surface area contributed by atoms with Crippen LogP contribution in [0.5, 0.6) is 0 Å². The van der Waals surface area contributed by atoms with Crippen LogP contribution in [0.2, 0.25) is 0 Å². The van der Waals surface area contributed by atoms with Gasteiger partial charge in [0, 0.05) is 6.42 Å². The minimum atomic E-state index is -5.26. The van der Waals surface area contributed by atoms with E-state index < -0.39 is 39.0 Å². The number of imidazole rings is 1. The molecule has 2 aromatic heterocycles. The number of nitrogens with zero attached hydrogens (tertiary/aromatic N) is 4. The van der Waals surface area contributed by atoms with Crippen molar-refractivity contribution in [3.8, 4) is 11.8 Å². The van der Waals surface area contributed by atoms with E-state index in [-0.39, 0.29) is 81.9 Å². The molecule has 0 unspecified atom stereocenters. The van der Waals surface area contributed by atoms with Crippen molar-refractivity contribution in [3.05, 3.63) is 12.2 Å². The minimum absolute atomic E-state index is 0. The van der Waals surface area contributed by atoms with Gasteiger partial charge in [0.2, 0.25) is 5.82 Å². The van der Waals surface area contributed by atoms with E-state index in [9.17, 15) is 24.6 Å². The molecule has 0 saturated carbocycles. The Morgan fingerprint density at radius 3 is 2.64 bits per heavy atom. The summed E-state index contributed by atoms with van der Waals surface area (Å²) < 4.78 is 21.7. The standard InChI is InChI=1S/C18H26N5O7P.2Na/c1-2-3-4-5-6-7-8-12-21-16(19)13-17(22-12)23(10-20-13)18-15(25)14(24)11(30-18)9-29-31(26,27)28;;/h10-11,14-15,18,24-25H,2-6,9H2,1H3,(H2,19,21,22)(H2,26,27,28);;/q;2*+1/p-2/t11-,14-,15-,18-;;/m1../s1. The minimum Gasteiger partial charge on any atom is -0.790 e. The van der Waals surface area contributed by atoms with Gasteiger partial charge in [-0.2, -0.15) is 0 Å². The third kappa shape index (κ3) is 8.22. The molecule has 15 heteroatoms. The van der Waals surface area contributed by atoms with Crippen molar-refractivity contribution in [3.63, 3.8) is 0 Å². The maximum Gasteiger partial charge on any atom is 1.00 e. The maximum atomic E-state index is 10.7. The number of rotatable bonds is 8. The van der Waals surface area contributed by atoms with Gasteiger partial charge in [0.1, 0.15) is 23.8 Å². The van der Waals surface area contributed by atoms with Crippen LogP contribution in [-0.4, -0.2) is 54.7 Å². The fourth-order valence-electron chi connectivity index (χ4n) is 3.22. The summed E-state index contributed by atoms with van der Waals surface area (Å²) in [6.45, 7) is 1.39. The summed E-state index contributed by atoms with van der Waals surface area (Å²) in [4.78, 5) is 34.0. The molecule has 0 aliphatic carbocycles. The Kier molecular flexibility index (Phi) is 13.0. The van der Waals surface area contributed by atoms with Crippen LogP contribution in [0.15, 0.2) is 6.33 Å². The topological polar surface area (TPSA) is 192 Å². The number of ether oxygens (including phenoxy) is 1. The molecule has 1 aliphatic rings. The molecule has 0 amide bonds. The molecule has 3 rings (SSSR count). The normalized spacial score (nSPS) is 22.3. The molecule has 3 heterocycles. The van der Waals surface area contributed by atoms with Crippen LogP contribution in [0, 0.1) is 11.8 Å². The predicted molar refractivity (Wildman–Crippen MR) is 105 cm³/mol. The number of phosphoric ester groups is 1. The number of phosphoric acid groups is 1. The number of hydrogen-bond donors (Lipinski definition) is 3. The van der Waals surface area contributed by atoms with Gasteiger partial charge in [-0.25, -0.2) is 15.0 Å². The van der Waals surface area contributed by atoms with E-state index in [1.165, 1.54) is 10.9 Å². The molecular weight excluding hydrogens is 475 g/mol. The number of aliphatic hydroxyl groups excluding tert-OH is 2. The van der Waals surface area contributed by atoms with E-state index in [1.54, 1.807) is 0 Å². The van der Waals surface area contributed by atoms with E-state index >= 15 is 0 Å². The van der Waals surface area contributed by atoms with Crippen LogP contribution < -0.4 is 74.6 Å². The van der Waals surface area contributed by atoms with E-state index in [1.807, 2.05) is 0 Å². The van der Waals surface area contributed by atoms with Gasteiger partial charge in [-0.05, 0) is 12.3 Å². The van der Waals surface area contributed by atoms with Gasteiger partial charge >= 0.3 is 59.1 Å². The molecule has 33 heavy (non-hydrogen) atoms. The van der Waals surface area contributed by atoms with Crippen LogP contribution in [0.4, 0.5) is 5.82 Å². The van der Waals surface area contributed by atoms with Gasteiger partial charge in [-0.3, -0.25) is 4.57 Å². The van der Waals surface area contributed by atoms with E-state index in [0.29, 0.717) is 6.42 Å². The first-order valence-corrected chi connectivity index (χ1v) is 11.3. The number of nitrogens with two attached hydrogens (primary N) is 1. The second-order valence-electron chi connectivity index (χ2n) is 7.16. The Labute approximate surface area is 235 Å². The molecule has 0 radical (unpaired) electrons. The van der Waals surface area contributed by atoms with Crippen LogP contribution in [-0.2, 0) is 13.8 Å². The number of unbranched alkanes of at least 4 members (excludes halogenated alkanes) is 4. The number of nitrogen functional groups attached to an aromatic ring is 1. The summed E-state index contributed by atoms with van der Waals surface area (Å²) >= 11 is 0. The smallest absolute Gasteiger partial charge is 0.790 e. The van der Waals surface area contributed by atoms with Gasteiger partial charge in [-0.1, -0.05) is 32.1 Å². The number of hydrogen-bond acceptors (Lipinski definition) is 11. The van der Waals surface area contributed by atoms with Crippen molar-refractivity contribution in [2.75, 3.05) is 12.3 Å². The predicted octanol–water partition coefficient (Wildman–Crippen LogP) is -6.80. The summed E-state index contributed by atoms with van der Waals surface area (Å²) in [5.41, 5.74) is 6.43. The molecule has 4 N–H and O–H groups in total. The van der Waals surface area contributed by atoms with E-state index in [0.717, 1.165) is 25.7 Å². The summed E-state index contributed by atoms with van der Waals surface area (Å²) in [7, 11) is -5.26. The molecule has 1 saturated heterocycles. The van der Waals surface area contributed by atoms with E-state index in [4.69, 9.17) is 10.5 Å². The molecule has 2 aromatic rings. The zero-order valence-electron chi connectivity index (χ0n) is 18.9. The third-order valence-electron chi connectivity index (χ3n) is 4.81. The molecule has 170 valence electrons. The SMILES string of the molecule is CCCCCCC#Cc1nc(N)c2ncn([C@@H]3O[C@H](COP(=O)([O-])[O-])[C@@H](O)[C@H]3O)c2n1.[Na+].[Na+]. The Morgan fingerprint density at radius 1 is 1.24 bits per heavy atom. The van der Waals surface area contributed by atoms with Crippen LogP contribution in [0.25, 0.3) is 11.2 Å². The van der Waals surface area contributed by atoms with Gasteiger partial charge in [-0.15, -0.1) is 0 Å². The van der Waals surface area contributed by atoms with Gasteiger partial charge in [0.25, 0.3) is 0 Å². The van der Waals surface area contributed by atoms with Crippen molar-refractivity contribution in [1.82, 2.24) is 19.5 Å². The van der Waals surface area contributed by atoms with Crippen molar-refractivity contribution < 1.29 is 92.9 Å². The first kappa shape index (κ1) is 30.9. The second kappa shape index (κ2) is 13.8. The molecular formula is C18H24N5Na2O7P. The molecule has 0 bridgehead atoms. The Hall–Kier alpha value is -0.100. The summed E-state index contributed by atoms with van der Waals surface area (Å²) in [6, 6.07) is 0. The number of anilines is 1. The van der Waals surface area contributed by atoms with Gasteiger partial charge in [0.15, 0.2) is 17.7 Å². The Morgan fingerprint density at radius 2 is 1.97 bits per heavy atom. The first-order valence-electron chi connectivity index (χ1n) is 9.88. The average molecular weight is 499 g/mol. The van der Waals surface area contributed by atoms with Crippen molar-refractivity contribution in [1.29, 1.82) is 0 Å². The molecule has 1 aliphatic heterocycles. The van der Waals surface area contributed by atoms with E-state index in [2.05, 4.69) is 38.2 Å². The monoisotopic (exact) mass is 499 g/mol. The van der Waals surface area contributed by atoms with Gasteiger partial charge in [0.05, 0.1) is 20.8 Å². The number of aliphatic hydroxyl groups is 2. The largest absolute Gasteiger partial charge is 1.00 e. The quantitative estimate of drug-likeness (QED) is 0.135. The Balaban J connectivity index is 0.00000272.